The Morgan fingerprint density at radius 2 is 1.72 bits per heavy atom. The summed E-state index contributed by atoms with van der Waals surface area (Å²) in [5.74, 6) is -0.238. The number of rotatable bonds is 3. The molecule has 0 saturated heterocycles. The molecule has 0 spiro atoms. The van der Waals surface area contributed by atoms with Gasteiger partial charge in [0.25, 0.3) is 0 Å². The predicted molar refractivity (Wildman–Crippen MR) is 71.3 cm³/mol. The minimum absolute atomic E-state index is 0.0739. The maximum absolute atomic E-state index is 12.8. The van der Waals surface area contributed by atoms with Crippen LogP contribution >= 0.6 is 0 Å². The fraction of sp³-hybridized carbons (Fsp3) is 0.214. The summed E-state index contributed by atoms with van der Waals surface area (Å²) in [4.78, 5) is 6.24. The van der Waals surface area contributed by atoms with Gasteiger partial charge >= 0.3 is 0 Å². The first kappa shape index (κ1) is 12.5. The second-order valence-electron chi connectivity index (χ2n) is 4.27. The van der Waals surface area contributed by atoms with Crippen LogP contribution in [0, 0.1) is 5.82 Å². The van der Waals surface area contributed by atoms with E-state index in [1.165, 1.54) is 12.1 Å². The summed E-state index contributed by atoms with van der Waals surface area (Å²) >= 11 is 0. The molecule has 3 nitrogen and oxygen atoms in total. The van der Waals surface area contributed by atoms with E-state index >= 15 is 0 Å². The number of hydrogen-bond acceptors (Lipinski definition) is 3. The number of halogens is 1. The zero-order chi connectivity index (χ0) is 13.1. The van der Waals surface area contributed by atoms with Crippen LogP contribution in [0.3, 0.4) is 0 Å². The molecule has 0 aliphatic heterocycles. The van der Waals surface area contributed by atoms with E-state index in [0.717, 1.165) is 17.1 Å². The van der Waals surface area contributed by atoms with Crippen molar-refractivity contribution in [2.75, 3.05) is 11.9 Å². The molecule has 1 aromatic carbocycles. The van der Waals surface area contributed by atoms with E-state index in [1.807, 2.05) is 31.0 Å². The van der Waals surface area contributed by atoms with Gasteiger partial charge in [-0.15, -0.1) is 0 Å². The van der Waals surface area contributed by atoms with Crippen molar-refractivity contribution in [3.63, 3.8) is 0 Å². The highest BCUT2D eigenvalue weighted by molar-refractivity contribution is 5.61. The van der Waals surface area contributed by atoms with E-state index in [0.29, 0.717) is 0 Å². The molecule has 94 valence electrons. The van der Waals surface area contributed by atoms with Crippen LogP contribution in [0.2, 0.25) is 0 Å². The number of pyridine rings is 1. The Kier molecular flexibility index (Phi) is 3.58. The van der Waals surface area contributed by atoms with Crippen molar-refractivity contribution in [3.05, 3.63) is 54.1 Å². The van der Waals surface area contributed by atoms with Crippen molar-refractivity contribution < 1.29 is 4.39 Å². The Morgan fingerprint density at radius 3 is 2.22 bits per heavy atom. The molecule has 2 rings (SSSR count). The Hall–Kier alpha value is -1.94. The number of nitrogens with two attached hydrogens (primary N) is 1. The number of benzene rings is 1. The summed E-state index contributed by atoms with van der Waals surface area (Å²) in [7, 11) is 1.91. The molecule has 0 amide bonds. The van der Waals surface area contributed by atoms with E-state index in [2.05, 4.69) is 4.98 Å². The SMILES string of the molecule is CC(N)c1ccc(N(C)c2ccc(F)cc2)cn1. The molecular weight excluding hydrogens is 229 g/mol. The minimum Gasteiger partial charge on any atom is -0.343 e. The fourth-order valence-corrected chi connectivity index (χ4v) is 1.68. The first-order valence-corrected chi connectivity index (χ1v) is 5.79. The second kappa shape index (κ2) is 5.14. The zero-order valence-electron chi connectivity index (χ0n) is 10.5. The molecule has 1 aromatic heterocycles. The average molecular weight is 245 g/mol. The first-order chi connectivity index (χ1) is 8.58. The Balaban J connectivity index is 2.23. The molecule has 0 bridgehead atoms. The smallest absolute Gasteiger partial charge is 0.123 e. The third-order valence-corrected chi connectivity index (χ3v) is 2.84. The molecule has 4 heteroatoms. The largest absolute Gasteiger partial charge is 0.343 e. The molecular formula is C14H16FN3. The highest BCUT2D eigenvalue weighted by Gasteiger charge is 2.06. The van der Waals surface area contributed by atoms with E-state index in [4.69, 9.17) is 5.73 Å². The fourth-order valence-electron chi connectivity index (χ4n) is 1.68. The van der Waals surface area contributed by atoms with Gasteiger partial charge in [0, 0.05) is 18.8 Å². The van der Waals surface area contributed by atoms with Crippen molar-refractivity contribution >= 4 is 11.4 Å². The third kappa shape index (κ3) is 2.65. The second-order valence-corrected chi connectivity index (χ2v) is 4.27. The van der Waals surface area contributed by atoms with Gasteiger partial charge in [0.2, 0.25) is 0 Å². The topological polar surface area (TPSA) is 42.1 Å². The molecule has 2 aromatic rings. The first-order valence-electron chi connectivity index (χ1n) is 5.79. The number of anilines is 2. The molecule has 0 saturated carbocycles. The van der Waals surface area contributed by atoms with Crippen LogP contribution in [0.4, 0.5) is 15.8 Å². The number of nitrogens with zero attached hydrogens (tertiary/aromatic N) is 2. The number of hydrogen-bond donors (Lipinski definition) is 1. The Morgan fingerprint density at radius 1 is 1.11 bits per heavy atom. The molecule has 0 aliphatic carbocycles. The van der Waals surface area contributed by atoms with Gasteiger partial charge in [-0.1, -0.05) is 0 Å². The summed E-state index contributed by atoms with van der Waals surface area (Å²) < 4.78 is 12.8. The Labute approximate surface area is 106 Å². The Bertz CT molecular complexity index is 506. The van der Waals surface area contributed by atoms with Gasteiger partial charge < -0.3 is 10.6 Å². The maximum Gasteiger partial charge on any atom is 0.123 e. The van der Waals surface area contributed by atoms with Gasteiger partial charge in [-0.25, -0.2) is 4.39 Å². The minimum atomic E-state index is -0.238. The lowest BCUT2D eigenvalue weighted by molar-refractivity contribution is 0.628. The lowest BCUT2D eigenvalue weighted by Crippen LogP contribution is -2.11. The van der Waals surface area contributed by atoms with Gasteiger partial charge in [-0.05, 0) is 43.3 Å². The van der Waals surface area contributed by atoms with Crippen LogP contribution in [0.25, 0.3) is 0 Å². The van der Waals surface area contributed by atoms with Gasteiger partial charge in [-0.3, -0.25) is 4.98 Å². The van der Waals surface area contributed by atoms with Gasteiger partial charge in [0.05, 0.1) is 17.6 Å². The van der Waals surface area contributed by atoms with Crippen molar-refractivity contribution in [1.29, 1.82) is 0 Å². The summed E-state index contributed by atoms with van der Waals surface area (Å²) in [6.07, 6.45) is 1.77. The third-order valence-electron chi connectivity index (χ3n) is 2.84. The molecule has 0 fully saturated rings. The molecule has 2 N–H and O–H groups in total. The van der Waals surface area contributed by atoms with Crippen LogP contribution in [-0.2, 0) is 0 Å². The van der Waals surface area contributed by atoms with Crippen LogP contribution in [0.15, 0.2) is 42.6 Å². The molecule has 1 atom stereocenters. The van der Waals surface area contributed by atoms with Gasteiger partial charge in [0.1, 0.15) is 5.82 Å². The van der Waals surface area contributed by atoms with Crippen molar-refractivity contribution in [2.45, 2.75) is 13.0 Å². The van der Waals surface area contributed by atoms with Crippen LogP contribution in [0.5, 0.6) is 0 Å². The summed E-state index contributed by atoms with van der Waals surface area (Å²) in [5.41, 5.74) is 8.45. The highest BCUT2D eigenvalue weighted by Crippen LogP contribution is 2.23. The van der Waals surface area contributed by atoms with E-state index in [9.17, 15) is 4.39 Å². The molecule has 0 radical (unpaired) electrons. The monoisotopic (exact) mass is 245 g/mol. The summed E-state index contributed by atoms with van der Waals surface area (Å²) in [6.45, 7) is 1.89. The zero-order valence-corrected chi connectivity index (χ0v) is 10.5. The molecule has 18 heavy (non-hydrogen) atoms. The standard InChI is InChI=1S/C14H16FN3/c1-10(16)14-8-7-13(9-17-14)18(2)12-5-3-11(15)4-6-12/h3-10H,16H2,1-2H3. The van der Waals surface area contributed by atoms with Crippen LogP contribution < -0.4 is 10.6 Å². The van der Waals surface area contributed by atoms with E-state index in [-0.39, 0.29) is 11.9 Å². The average Bonchev–Trinajstić information content (AvgIpc) is 2.39. The van der Waals surface area contributed by atoms with Gasteiger partial charge in [-0.2, -0.15) is 0 Å². The molecule has 1 unspecified atom stereocenters. The highest BCUT2D eigenvalue weighted by atomic mass is 19.1. The lowest BCUT2D eigenvalue weighted by Gasteiger charge is -2.19. The summed E-state index contributed by atoms with van der Waals surface area (Å²) in [6, 6.07) is 10.1. The number of aromatic nitrogens is 1. The molecule has 0 aliphatic rings. The lowest BCUT2D eigenvalue weighted by atomic mass is 10.2. The quantitative estimate of drug-likeness (QED) is 0.903. The van der Waals surface area contributed by atoms with Crippen molar-refractivity contribution in [1.82, 2.24) is 4.98 Å². The van der Waals surface area contributed by atoms with Crippen LogP contribution in [0.1, 0.15) is 18.7 Å². The van der Waals surface area contributed by atoms with E-state index < -0.39 is 0 Å². The maximum atomic E-state index is 12.8. The normalized spacial score (nSPS) is 12.2. The van der Waals surface area contributed by atoms with Crippen molar-refractivity contribution in [3.8, 4) is 0 Å². The summed E-state index contributed by atoms with van der Waals surface area (Å²) in [5, 5.41) is 0. The van der Waals surface area contributed by atoms with Gasteiger partial charge in [0.15, 0.2) is 0 Å². The van der Waals surface area contributed by atoms with E-state index in [1.54, 1.807) is 18.3 Å². The van der Waals surface area contributed by atoms with Crippen LogP contribution in [-0.4, -0.2) is 12.0 Å². The van der Waals surface area contributed by atoms with Crippen molar-refractivity contribution in [2.24, 2.45) is 5.73 Å². The molecule has 1 heterocycles. The predicted octanol–water partition coefficient (Wildman–Crippen LogP) is 3.01.